The summed E-state index contributed by atoms with van der Waals surface area (Å²) in [5.74, 6) is 0.0264. The predicted octanol–water partition coefficient (Wildman–Crippen LogP) is 1.83. The molecule has 4 heteroatoms. The second kappa shape index (κ2) is 4.44. The van der Waals surface area contributed by atoms with Crippen LogP contribution in [0.4, 0.5) is 5.69 Å². The second-order valence-corrected chi connectivity index (χ2v) is 4.71. The monoisotopic (exact) mass is 239 g/mol. The zero-order valence-corrected chi connectivity index (χ0v) is 9.87. The Morgan fingerprint density at radius 2 is 2.31 bits per heavy atom. The molecule has 1 amide bonds. The molecule has 1 atom stereocenters. The van der Waals surface area contributed by atoms with Gasteiger partial charge >= 0.3 is 0 Å². The van der Waals surface area contributed by atoms with Crippen LogP contribution >= 0.6 is 11.6 Å². The molecular weight excluding hydrogens is 226 g/mol. The van der Waals surface area contributed by atoms with Crippen molar-refractivity contribution < 1.29 is 9.90 Å². The van der Waals surface area contributed by atoms with Gasteiger partial charge in [0.2, 0.25) is 5.91 Å². The fourth-order valence-electron chi connectivity index (χ4n) is 2.00. The molecule has 1 heterocycles. The number of alkyl halides is 1. The van der Waals surface area contributed by atoms with E-state index >= 15 is 0 Å². The Labute approximate surface area is 99.6 Å². The van der Waals surface area contributed by atoms with E-state index in [9.17, 15) is 9.90 Å². The average Bonchev–Trinajstić information content (AvgIpc) is 2.57. The summed E-state index contributed by atoms with van der Waals surface area (Å²) >= 11 is 5.95. The van der Waals surface area contributed by atoms with Crippen molar-refractivity contribution in [1.82, 2.24) is 0 Å². The molecule has 1 aliphatic rings. The number of rotatable bonds is 2. The fraction of sp³-hybridized carbons (Fsp3) is 0.417. The Kier molecular flexibility index (Phi) is 3.17. The van der Waals surface area contributed by atoms with Crippen LogP contribution in [0.5, 0.6) is 0 Å². The number of hydrogen-bond acceptors (Lipinski definition) is 2. The van der Waals surface area contributed by atoms with Gasteiger partial charge in [0, 0.05) is 24.2 Å². The van der Waals surface area contributed by atoms with Crippen molar-refractivity contribution in [3.63, 3.8) is 0 Å². The third kappa shape index (κ3) is 2.06. The molecule has 1 N–H and O–H groups in total. The van der Waals surface area contributed by atoms with Crippen molar-refractivity contribution in [2.24, 2.45) is 0 Å². The molecule has 0 saturated carbocycles. The zero-order valence-electron chi connectivity index (χ0n) is 9.11. The van der Waals surface area contributed by atoms with Gasteiger partial charge in [0.25, 0.3) is 0 Å². The fourth-order valence-corrected chi connectivity index (χ4v) is 2.27. The highest BCUT2D eigenvalue weighted by atomic mass is 35.5. The van der Waals surface area contributed by atoms with E-state index in [4.69, 9.17) is 11.6 Å². The first-order chi connectivity index (χ1) is 7.61. The van der Waals surface area contributed by atoms with Gasteiger partial charge in [-0.1, -0.05) is 17.7 Å². The van der Waals surface area contributed by atoms with Crippen molar-refractivity contribution in [3.05, 3.63) is 29.3 Å². The van der Waals surface area contributed by atoms with Crippen LogP contribution in [0.1, 0.15) is 17.5 Å². The number of aryl methyl sites for hydroxylation is 1. The SMILES string of the molecule is Cc1ccc(N2CC(Cl)CC2=O)c(CO)c1. The molecule has 1 aromatic carbocycles. The van der Waals surface area contributed by atoms with Crippen LogP contribution in [0.3, 0.4) is 0 Å². The Morgan fingerprint density at radius 1 is 1.56 bits per heavy atom. The summed E-state index contributed by atoms with van der Waals surface area (Å²) in [4.78, 5) is 13.4. The lowest BCUT2D eigenvalue weighted by molar-refractivity contribution is -0.117. The van der Waals surface area contributed by atoms with E-state index in [2.05, 4.69) is 0 Å². The van der Waals surface area contributed by atoms with Crippen molar-refractivity contribution in [2.45, 2.75) is 25.3 Å². The van der Waals surface area contributed by atoms with Gasteiger partial charge in [-0.25, -0.2) is 0 Å². The number of carbonyl (C=O) groups excluding carboxylic acids is 1. The van der Waals surface area contributed by atoms with Crippen LogP contribution < -0.4 is 4.90 Å². The van der Waals surface area contributed by atoms with Crippen LogP contribution in [0.2, 0.25) is 0 Å². The molecule has 16 heavy (non-hydrogen) atoms. The first-order valence-corrected chi connectivity index (χ1v) is 5.70. The molecule has 1 unspecified atom stereocenters. The number of carbonyl (C=O) groups is 1. The summed E-state index contributed by atoms with van der Waals surface area (Å²) in [6, 6.07) is 5.70. The van der Waals surface area contributed by atoms with Crippen LogP contribution in [-0.4, -0.2) is 22.9 Å². The number of amides is 1. The lowest BCUT2D eigenvalue weighted by Crippen LogP contribution is -2.25. The van der Waals surface area contributed by atoms with Crippen molar-refractivity contribution >= 4 is 23.2 Å². The molecular formula is C12H14ClNO2. The van der Waals surface area contributed by atoms with Gasteiger partial charge in [-0.15, -0.1) is 11.6 Å². The molecule has 1 aromatic rings. The number of hydrogen-bond donors (Lipinski definition) is 1. The Bertz CT molecular complexity index is 419. The van der Waals surface area contributed by atoms with Gasteiger partial charge in [0.1, 0.15) is 0 Å². The summed E-state index contributed by atoms with van der Waals surface area (Å²) < 4.78 is 0. The number of benzene rings is 1. The van der Waals surface area contributed by atoms with Crippen LogP contribution in [0.15, 0.2) is 18.2 Å². The lowest BCUT2D eigenvalue weighted by atomic mass is 10.1. The van der Waals surface area contributed by atoms with Gasteiger partial charge in [-0.05, 0) is 13.0 Å². The summed E-state index contributed by atoms with van der Waals surface area (Å²) in [7, 11) is 0. The first-order valence-electron chi connectivity index (χ1n) is 5.26. The third-order valence-corrected chi connectivity index (χ3v) is 3.07. The van der Waals surface area contributed by atoms with E-state index in [-0.39, 0.29) is 17.9 Å². The number of halogens is 1. The smallest absolute Gasteiger partial charge is 0.228 e. The maximum Gasteiger partial charge on any atom is 0.228 e. The molecule has 1 saturated heterocycles. The molecule has 0 bridgehead atoms. The maximum absolute atomic E-state index is 11.7. The molecule has 1 aliphatic heterocycles. The van der Waals surface area contributed by atoms with E-state index in [1.165, 1.54) is 0 Å². The van der Waals surface area contributed by atoms with E-state index in [1.807, 2.05) is 25.1 Å². The minimum atomic E-state index is -0.125. The number of nitrogens with zero attached hydrogens (tertiary/aromatic N) is 1. The summed E-state index contributed by atoms with van der Waals surface area (Å²) in [5.41, 5.74) is 2.63. The third-order valence-electron chi connectivity index (χ3n) is 2.77. The van der Waals surface area contributed by atoms with Crippen molar-refractivity contribution in [3.8, 4) is 0 Å². The highest BCUT2D eigenvalue weighted by Gasteiger charge is 2.30. The van der Waals surface area contributed by atoms with E-state index in [0.717, 1.165) is 16.8 Å². The number of anilines is 1. The Balaban J connectivity index is 2.36. The molecule has 0 radical (unpaired) electrons. The second-order valence-electron chi connectivity index (χ2n) is 4.10. The molecule has 86 valence electrons. The van der Waals surface area contributed by atoms with Gasteiger partial charge in [-0.3, -0.25) is 4.79 Å². The van der Waals surface area contributed by atoms with Gasteiger partial charge in [-0.2, -0.15) is 0 Å². The largest absolute Gasteiger partial charge is 0.392 e. The summed E-state index contributed by atoms with van der Waals surface area (Å²) in [6.45, 7) is 2.42. The Hall–Kier alpha value is -1.06. The molecule has 3 nitrogen and oxygen atoms in total. The van der Waals surface area contributed by atoms with E-state index in [0.29, 0.717) is 13.0 Å². The van der Waals surface area contributed by atoms with Gasteiger partial charge in [0.05, 0.1) is 12.0 Å². The van der Waals surface area contributed by atoms with Crippen LogP contribution in [0.25, 0.3) is 0 Å². The maximum atomic E-state index is 11.7. The van der Waals surface area contributed by atoms with E-state index in [1.54, 1.807) is 4.90 Å². The van der Waals surface area contributed by atoms with Crippen molar-refractivity contribution in [2.75, 3.05) is 11.4 Å². The van der Waals surface area contributed by atoms with Crippen LogP contribution in [0, 0.1) is 6.92 Å². The number of aliphatic hydroxyl groups is 1. The van der Waals surface area contributed by atoms with Crippen molar-refractivity contribution in [1.29, 1.82) is 0 Å². The molecule has 2 rings (SSSR count). The normalized spacial score (nSPS) is 20.6. The Morgan fingerprint density at radius 3 is 2.88 bits per heavy atom. The summed E-state index contributed by atoms with van der Waals surface area (Å²) in [5, 5.41) is 9.16. The molecule has 0 aromatic heterocycles. The molecule has 1 fully saturated rings. The number of aliphatic hydroxyl groups excluding tert-OH is 1. The predicted molar refractivity (Wildman–Crippen MR) is 63.7 cm³/mol. The lowest BCUT2D eigenvalue weighted by Gasteiger charge is -2.19. The quantitative estimate of drug-likeness (QED) is 0.800. The highest BCUT2D eigenvalue weighted by Crippen LogP contribution is 2.28. The summed E-state index contributed by atoms with van der Waals surface area (Å²) in [6.07, 6.45) is 0.375. The highest BCUT2D eigenvalue weighted by molar-refractivity contribution is 6.24. The first kappa shape index (κ1) is 11.4. The molecule has 0 spiro atoms. The minimum Gasteiger partial charge on any atom is -0.392 e. The van der Waals surface area contributed by atoms with E-state index < -0.39 is 0 Å². The topological polar surface area (TPSA) is 40.5 Å². The van der Waals surface area contributed by atoms with Gasteiger partial charge < -0.3 is 10.0 Å². The molecule has 0 aliphatic carbocycles. The van der Waals surface area contributed by atoms with Crippen LogP contribution in [-0.2, 0) is 11.4 Å². The standard InChI is InChI=1S/C12H14ClNO2/c1-8-2-3-11(9(4-8)7-15)14-6-10(13)5-12(14)16/h2-4,10,15H,5-7H2,1H3. The van der Waals surface area contributed by atoms with Gasteiger partial charge in [0.15, 0.2) is 0 Å². The minimum absolute atomic E-state index is 0.0264. The average molecular weight is 240 g/mol. The zero-order chi connectivity index (χ0) is 11.7.